The molecule has 2 aromatic carbocycles. The average molecular weight is 271 g/mol. The van der Waals surface area contributed by atoms with Crippen LogP contribution >= 0.6 is 0 Å². The molecule has 0 bridgehead atoms. The Labute approximate surface area is 113 Å². The quantitative estimate of drug-likeness (QED) is 0.859. The van der Waals surface area contributed by atoms with E-state index in [0.717, 1.165) is 5.56 Å². The summed E-state index contributed by atoms with van der Waals surface area (Å²) in [7, 11) is -3.44. The third-order valence-corrected chi connectivity index (χ3v) is 4.61. The maximum Gasteiger partial charge on any atom is 0.180 e. The minimum atomic E-state index is -3.44. The molecule has 0 spiro atoms. The van der Waals surface area contributed by atoms with Gasteiger partial charge < -0.3 is 0 Å². The van der Waals surface area contributed by atoms with Gasteiger partial charge in [-0.15, -0.1) is 0 Å². The number of hydrogen-bond donors (Lipinski definition) is 0. The van der Waals surface area contributed by atoms with Crippen molar-refractivity contribution in [3.63, 3.8) is 0 Å². The lowest BCUT2D eigenvalue weighted by molar-refractivity contribution is 0.593. The predicted octanol–water partition coefficient (Wildman–Crippen LogP) is 2.77. The number of hydrogen-bond acceptors (Lipinski definition) is 3. The zero-order valence-corrected chi connectivity index (χ0v) is 11.0. The Morgan fingerprint density at radius 1 is 0.947 bits per heavy atom. The first-order valence-electron chi connectivity index (χ1n) is 5.86. The second-order valence-corrected chi connectivity index (χ2v) is 6.22. The van der Waals surface area contributed by atoms with Gasteiger partial charge in [0.05, 0.1) is 22.6 Å². The number of nitriles is 1. The van der Waals surface area contributed by atoms with Gasteiger partial charge in [0.1, 0.15) is 0 Å². The molecule has 1 unspecified atom stereocenters. The fourth-order valence-electron chi connectivity index (χ4n) is 1.84. The molecule has 0 heterocycles. The number of rotatable bonds is 4. The smallest absolute Gasteiger partial charge is 0.180 e. The largest absolute Gasteiger partial charge is 0.224 e. The van der Waals surface area contributed by atoms with Crippen LogP contribution in [-0.2, 0) is 9.84 Å². The molecule has 96 valence electrons. The molecule has 3 nitrogen and oxygen atoms in total. The molecule has 0 aliphatic carbocycles. The molecule has 0 saturated carbocycles. The SMILES string of the molecule is N#CC(CS(=O)(=O)c1ccccc1)c1ccccc1. The van der Waals surface area contributed by atoms with Gasteiger partial charge in [0.25, 0.3) is 0 Å². The summed E-state index contributed by atoms with van der Waals surface area (Å²) in [6, 6.07) is 19.3. The molecule has 0 amide bonds. The molecule has 0 fully saturated rings. The van der Waals surface area contributed by atoms with E-state index in [9.17, 15) is 13.7 Å². The van der Waals surface area contributed by atoms with Gasteiger partial charge in [0.15, 0.2) is 9.84 Å². The number of sulfone groups is 1. The third kappa shape index (κ3) is 3.21. The van der Waals surface area contributed by atoms with Crippen LogP contribution < -0.4 is 0 Å². The van der Waals surface area contributed by atoms with E-state index in [1.807, 2.05) is 6.07 Å². The first-order valence-corrected chi connectivity index (χ1v) is 7.51. The summed E-state index contributed by atoms with van der Waals surface area (Å²) < 4.78 is 24.4. The topological polar surface area (TPSA) is 57.9 Å². The normalized spacial score (nSPS) is 12.6. The van der Waals surface area contributed by atoms with Gasteiger partial charge in [-0.3, -0.25) is 0 Å². The Morgan fingerprint density at radius 2 is 1.47 bits per heavy atom. The molecule has 0 radical (unpaired) electrons. The number of benzene rings is 2. The summed E-state index contributed by atoms with van der Waals surface area (Å²) in [6.45, 7) is 0. The molecule has 0 aliphatic rings. The summed E-state index contributed by atoms with van der Waals surface area (Å²) in [5, 5.41) is 9.18. The maximum absolute atomic E-state index is 12.2. The van der Waals surface area contributed by atoms with Gasteiger partial charge in [-0.05, 0) is 17.7 Å². The van der Waals surface area contributed by atoms with Gasteiger partial charge in [-0.1, -0.05) is 48.5 Å². The van der Waals surface area contributed by atoms with Crippen LogP contribution in [0.15, 0.2) is 65.6 Å². The van der Waals surface area contributed by atoms with Gasteiger partial charge in [-0.2, -0.15) is 5.26 Å². The Morgan fingerprint density at radius 3 is 2.00 bits per heavy atom. The van der Waals surface area contributed by atoms with Crippen molar-refractivity contribution in [2.75, 3.05) is 5.75 Å². The first-order chi connectivity index (χ1) is 9.13. The van der Waals surface area contributed by atoms with Crippen LogP contribution in [0.4, 0.5) is 0 Å². The zero-order chi connectivity index (χ0) is 13.7. The van der Waals surface area contributed by atoms with Crippen molar-refractivity contribution in [1.29, 1.82) is 5.26 Å². The Bertz CT molecular complexity index is 673. The minimum Gasteiger partial charge on any atom is -0.224 e. The molecule has 4 heteroatoms. The molecular formula is C15H13NO2S. The van der Waals surface area contributed by atoms with Gasteiger partial charge in [0, 0.05) is 0 Å². The van der Waals surface area contributed by atoms with Crippen molar-refractivity contribution in [1.82, 2.24) is 0 Å². The van der Waals surface area contributed by atoms with Crippen molar-refractivity contribution in [3.05, 3.63) is 66.2 Å². The van der Waals surface area contributed by atoms with Crippen LogP contribution in [0.1, 0.15) is 11.5 Å². The third-order valence-electron chi connectivity index (χ3n) is 2.85. The highest BCUT2D eigenvalue weighted by atomic mass is 32.2. The molecule has 0 N–H and O–H groups in total. The fraction of sp³-hybridized carbons (Fsp3) is 0.133. The second kappa shape index (κ2) is 5.68. The van der Waals surface area contributed by atoms with E-state index in [-0.39, 0.29) is 10.6 Å². The summed E-state index contributed by atoms with van der Waals surface area (Å²) in [4.78, 5) is 0.256. The summed E-state index contributed by atoms with van der Waals surface area (Å²) in [6.07, 6.45) is 0. The minimum absolute atomic E-state index is 0.197. The van der Waals surface area contributed by atoms with E-state index in [2.05, 4.69) is 6.07 Å². The van der Waals surface area contributed by atoms with Crippen LogP contribution in [0.2, 0.25) is 0 Å². The van der Waals surface area contributed by atoms with Crippen LogP contribution in [0, 0.1) is 11.3 Å². The van der Waals surface area contributed by atoms with Crippen LogP contribution in [0.5, 0.6) is 0 Å². The van der Waals surface area contributed by atoms with Crippen molar-refractivity contribution in [2.45, 2.75) is 10.8 Å². The highest BCUT2D eigenvalue weighted by molar-refractivity contribution is 7.91. The zero-order valence-electron chi connectivity index (χ0n) is 10.2. The molecule has 0 aromatic heterocycles. The van der Waals surface area contributed by atoms with Gasteiger partial charge in [-0.25, -0.2) is 8.42 Å². The Kier molecular flexibility index (Phi) is 3.98. The van der Waals surface area contributed by atoms with Crippen LogP contribution in [0.3, 0.4) is 0 Å². The lowest BCUT2D eigenvalue weighted by Crippen LogP contribution is -2.14. The molecule has 0 aliphatic heterocycles. The number of nitrogens with zero attached hydrogens (tertiary/aromatic N) is 1. The van der Waals surface area contributed by atoms with E-state index in [1.165, 1.54) is 0 Å². The lowest BCUT2D eigenvalue weighted by Gasteiger charge is -2.10. The monoisotopic (exact) mass is 271 g/mol. The Hall–Kier alpha value is -2.12. The second-order valence-electron chi connectivity index (χ2n) is 4.19. The van der Waals surface area contributed by atoms with E-state index in [4.69, 9.17) is 0 Å². The van der Waals surface area contributed by atoms with Crippen LogP contribution in [-0.4, -0.2) is 14.2 Å². The molecule has 0 saturated heterocycles. The van der Waals surface area contributed by atoms with Crippen molar-refractivity contribution in [2.24, 2.45) is 0 Å². The molecule has 2 rings (SSSR count). The van der Waals surface area contributed by atoms with Gasteiger partial charge >= 0.3 is 0 Å². The lowest BCUT2D eigenvalue weighted by atomic mass is 10.0. The highest BCUT2D eigenvalue weighted by Gasteiger charge is 2.22. The van der Waals surface area contributed by atoms with Crippen molar-refractivity contribution < 1.29 is 8.42 Å². The van der Waals surface area contributed by atoms with Crippen molar-refractivity contribution in [3.8, 4) is 6.07 Å². The molecular weight excluding hydrogens is 258 g/mol. The molecule has 1 atom stereocenters. The fourth-order valence-corrected chi connectivity index (χ4v) is 3.31. The summed E-state index contributed by atoms with van der Waals surface area (Å²) in [5.74, 6) is -0.844. The standard InChI is InChI=1S/C15H13NO2S/c16-11-14(13-7-3-1-4-8-13)12-19(17,18)15-9-5-2-6-10-15/h1-10,14H,12H2. The highest BCUT2D eigenvalue weighted by Crippen LogP contribution is 2.21. The molecule has 19 heavy (non-hydrogen) atoms. The summed E-state index contributed by atoms with van der Waals surface area (Å²) in [5.41, 5.74) is 0.726. The van der Waals surface area contributed by atoms with E-state index >= 15 is 0 Å². The van der Waals surface area contributed by atoms with E-state index < -0.39 is 15.8 Å². The maximum atomic E-state index is 12.2. The molecule has 2 aromatic rings. The van der Waals surface area contributed by atoms with E-state index in [0.29, 0.717) is 0 Å². The average Bonchev–Trinajstić information content (AvgIpc) is 2.47. The van der Waals surface area contributed by atoms with Crippen molar-refractivity contribution >= 4 is 9.84 Å². The van der Waals surface area contributed by atoms with E-state index in [1.54, 1.807) is 54.6 Å². The Balaban J connectivity index is 2.28. The predicted molar refractivity (Wildman–Crippen MR) is 73.3 cm³/mol. The van der Waals surface area contributed by atoms with Gasteiger partial charge in [0.2, 0.25) is 0 Å². The van der Waals surface area contributed by atoms with Crippen LogP contribution in [0.25, 0.3) is 0 Å². The first kappa shape index (κ1) is 13.3. The summed E-state index contributed by atoms with van der Waals surface area (Å²) >= 11 is 0.